The highest BCUT2D eigenvalue weighted by molar-refractivity contribution is 7.22. The molecule has 176 valence electrons. The molecular weight excluding hydrogens is 440 g/mol. The minimum Gasteiger partial charge on any atom is -0.497 e. The van der Waals surface area contributed by atoms with Gasteiger partial charge in [0.2, 0.25) is 0 Å². The molecule has 1 saturated heterocycles. The van der Waals surface area contributed by atoms with Gasteiger partial charge < -0.3 is 24.4 Å². The molecule has 0 saturated carbocycles. The summed E-state index contributed by atoms with van der Waals surface area (Å²) in [6.07, 6.45) is 0. The quantitative estimate of drug-likeness (QED) is 0.514. The number of nitrogens with one attached hydrogen (secondary N) is 1. The standard InChI is InChI=1S/C24H30N4O4S/c1-4-32-18-6-8-20-22(16-18)33-24(26-20)28-13-11-27(12-14-28)10-9-25-23(29)19-7-5-17(30-2)15-21(19)31-3/h5-8,15-16H,4,9-14H2,1-3H3,(H,25,29). The first-order valence-corrected chi connectivity index (χ1v) is 11.9. The number of hydrogen-bond acceptors (Lipinski definition) is 8. The van der Waals surface area contributed by atoms with E-state index in [1.54, 1.807) is 43.8 Å². The van der Waals surface area contributed by atoms with Crippen molar-refractivity contribution in [2.75, 3.05) is 65.0 Å². The summed E-state index contributed by atoms with van der Waals surface area (Å²) in [5.74, 6) is 1.90. The highest BCUT2D eigenvalue weighted by atomic mass is 32.1. The van der Waals surface area contributed by atoms with Gasteiger partial charge in [-0.25, -0.2) is 4.98 Å². The fourth-order valence-corrected chi connectivity index (χ4v) is 4.90. The second kappa shape index (κ2) is 10.7. The lowest BCUT2D eigenvalue weighted by atomic mass is 10.1. The first-order chi connectivity index (χ1) is 16.1. The van der Waals surface area contributed by atoms with E-state index in [4.69, 9.17) is 19.2 Å². The van der Waals surface area contributed by atoms with Crippen LogP contribution in [0.4, 0.5) is 5.13 Å². The maximum absolute atomic E-state index is 12.6. The summed E-state index contributed by atoms with van der Waals surface area (Å²) in [6, 6.07) is 11.3. The van der Waals surface area contributed by atoms with Crippen LogP contribution in [-0.2, 0) is 0 Å². The number of carbonyl (C=O) groups is 1. The first-order valence-electron chi connectivity index (χ1n) is 11.1. The third-order valence-electron chi connectivity index (χ3n) is 5.67. The lowest BCUT2D eigenvalue weighted by Crippen LogP contribution is -2.48. The van der Waals surface area contributed by atoms with Gasteiger partial charge in [0.05, 0.1) is 36.6 Å². The number of fused-ring (bicyclic) bond motifs is 1. The molecule has 4 rings (SSSR count). The predicted octanol–water partition coefficient (Wildman–Crippen LogP) is 3.26. The molecule has 1 amide bonds. The molecule has 8 nitrogen and oxygen atoms in total. The topological polar surface area (TPSA) is 76.2 Å². The van der Waals surface area contributed by atoms with Crippen molar-refractivity contribution in [3.63, 3.8) is 0 Å². The van der Waals surface area contributed by atoms with E-state index in [1.165, 1.54) is 0 Å². The highest BCUT2D eigenvalue weighted by Gasteiger charge is 2.20. The Morgan fingerprint density at radius 3 is 2.58 bits per heavy atom. The van der Waals surface area contributed by atoms with Crippen LogP contribution in [0.25, 0.3) is 10.2 Å². The third-order valence-corrected chi connectivity index (χ3v) is 6.75. The van der Waals surface area contributed by atoms with Crippen LogP contribution < -0.4 is 24.4 Å². The number of ether oxygens (including phenoxy) is 3. The fraction of sp³-hybridized carbons (Fsp3) is 0.417. The Kier molecular flexibility index (Phi) is 7.51. The molecule has 0 unspecified atom stereocenters. The van der Waals surface area contributed by atoms with Crippen molar-refractivity contribution in [3.05, 3.63) is 42.0 Å². The molecule has 0 aliphatic carbocycles. The van der Waals surface area contributed by atoms with Crippen molar-refractivity contribution in [1.82, 2.24) is 15.2 Å². The SMILES string of the molecule is CCOc1ccc2nc(N3CCN(CCNC(=O)c4ccc(OC)cc4OC)CC3)sc2c1. The normalized spacial score (nSPS) is 14.3. The molecule has 9 heteroatoms. The van der Waals surface area contributed by atoms with Crippen LogP contribution in [0.3, 0.4) is 0 Å². The average Bonchev–Trinajstić information content (AvgIpc) is 3.27. The van der Waals surface area contributed by atoms with Crippen LogP contribution in [0, 0.1) is 0 Å². The number of rotatable bonds is 9. The van der Waals surface area contributed by atoms with E-state index in [0.29, 0.717) is 30.2 Å². The van der Waals surface area contributed by atoms with Gasteiger partial charge in [0.15, 0.2) is 5.13 Å². The highest BCUT2D eigenvalue weighted by Crippen LogP contribution is 2.32. The maximum atomic E-state index is 12.6. The summed E-state index contributed by atoms with van der Waals surface area (Å²) < 4.78 is 17.3. The van der Waals surface area contributed by atoms with Gasteiger partial charge in [-0.3, -0.25) is 9.69 Å². The number of aromatic nitrogens is 1. The largest absolute Gasteiger partial charge is 0.497 e. The molecule has 1 fully saturated rings. The van der Waals surface area contributed by atoms with Gasteiger partial charge in [-0.05, 0) is 37.3 Å². The summed E-state index contributed by atoms with van der Waals surface area (Å²) in [5, 5.41) is 4.05. The molecule has 0 bridgehead atoms. The number of thiazole rings is 1. The van der Waals surface area contributed by atoms with Gasteiger partial charge in [0.25, 0.3) is 5.91 Å². The zero-order valence-corrected chi connectivity index (χ0v) is 20.1. The van der Waals surface area contributed by atoms with Gasteiger partial charge in [0.1, 0.15) is 17.2 Å². The summed E-state index contributed by atoms with van der Waals surface area (Å²) in [5.41, 5.74) is 1.52. The molecule has 0 spiro atoms. The smallest absolute Gasteiger partial charge is 0.255 e. The molecule has 1 aliphatic heterocycles. The van der Waals surface area contributed by atoms with Gasteiger partial charge in [0, 0.05) is 45.3 Å². The number of benzene rings is 2. The van der Waals surface area contributed by atoms with Gasteiger partial charge >= 0.3 is 0 Å². The summed E-state index contributed by atoms with van der Waals surface area (Å²) >= 11 is 1.71. The van der Waals surface area contributed by atoms with Crippen LogP contribution in [0.2, 0.25) is 0 Å². The van der Waals surface area contributed by atoms with Crippen molar-refractivity contribution >= 4 is 32.6 Å². The van der Waals surface area contributed by atoms with Crippen molar-refractivity contribution in [2.45, 2.75) is 6.92 Å². The minimum absolute atomic E-state index is 0.144. The molecule has 0 atom stereocenters. The summed E-state index contributed by atoms with van der Waals surface area (Å²) in [6.45, 7) is 7.72. The van der Waals surface area contributed by atoms with Gasteiger partial charge in [-0.1, -0.05) is 11.3 Å². The van der Waals surface area contributed by atoms with E-state index < -0.39 is 0 Å². The number of amides is 1. The minimum atomic E-state index is -0.144. The van der Waals surface area contributed by atoms with Crippen molar-refractivity contribution < 1.29 is 19.0 Å². The number of methoxy groups -OCH3 is 2. The Hall–Kier alpha value is -3.04. The van der Waals surface area contributed by atoms with E-state index in [-0.39, 0.29) is 5.91 Å². The van der Waals surface area contributed by atoms with E-state index in [9.17, 15) is 4.79 Å². The molecule has 1 N–H and O–H groups in total. The summed E-state index contributed by atoms with van der Waals surface area (Å²) in [4.78, 5) is 22.1. The molecule has 3 aromatic rings. The number of anilines is 1. The Balaban J connectivity index is 1.26. The fourth-order valence-electron chi connectivity index (χ4n) is 3.86. The summed E-state index contributed by atoms with van der Waals surface area (Å²) in [7, 11) is 3.14. The Bertz CT molecular complexity index is 1100. The van der Waals surface area contributed by atoms with Crippen LogP contribution in [0.1, 0.15) is 17.3 Å². The number of nitrogens with zero attached hydrogens (tertiary/aromatic N) is 3. The van der Waals surface area contributed by atoms with E-state index >= 15 is 0 Å². The lowest BCUT2D eigenvalue weighted by molar-refractivity contribution is 0.0944. The molecule has 2 aromatic carbocycles. The zero-order chi connectivity index (χ0) is 23.2. The predicted molar refractivity (Wildman–Crippen MR) is 131 cm³/mol. The second-order valence-corrected chi connectivity index (χ2v) is 8.72. The van der Waals surface area contributed by atoms with Crippen LogP contribution in [0.5, 0.6) is 17.2 Å². The van der Waals surface area contributed by atoms with Crippen LogP contribution >= 0.6 is 11.3 Å². The van der Waals surface area contributed by atoms with Gasteiger partial charge in [-0.2, -0.15) is 0 Å². The lowest BCUT2D eigenvalue weighted by Gasteiger charge is -2.34. The molecular formula is C24H30N4O4S. The van der Waals surface area contributed by atoms with E-state index in [2.05, 4.69) is 21.2 Å². The van der Waals surface area contributed by atoms with Gasteiger partial charge in [-0.15, -0.1) is 0 Å². The van der Waals surface area contributed by atoms with Crippen molar-refractivity contribution in [3.8, 4) is 17.2 Å². The van der Waals surface area contributed by atoms with Crippen LogP contribution in [0.15, 0.2) is 36.4 Å². The number of carbonyl (C=O) groups excluding carboxylic acids is 1. The zero-order valence-electron chi connectivity index (χ0n) is 19.3. The Morgan fingerprint density at radius 2 is 1.85 bits per heavy atom. The molecule has 33 heavy (non-hydrogen) atoms. The molecule has 0 radical (unpaired) electrons. The average molecular weight is 471 g/mol. The second-order valence-electron chi connectivity index (χ2n) is 7.71. The monoisotopic (exact) mass is 470 g/mol. The number of piperazine rings is 1. The molecule has 2 heterocycles. The molecule has 1 aliphatic rings. The maximum Gasteiger partial charge on any atom is 0.255 e. The first kappa shape index (κ1) is 23.1. The molecule has 1 aromatic heterocycles. The van der Waals surface area contributed by atoms with E-state index in [1.807, 2.05) is 19.1 Å². The third kappa shape index (κ3) is 5.48. The van der Waals surface area contributed by atoms with Crippen LogP contribution in [-0.4, -0.2) is 75.9 Å². The van der Waals surface area contributed by atoms with Crippen molar-refractivity contribution in [2.24, 2.45) is 0 Å². The Morgan fingerprint density at radius 1 is 1.06 bits per heavy atom. The van der Waals surface area contributed by atoms with E-state index in [0.717, 1.165) is 53.8 Å². The number of hydrogen-bond donors (Lipinski definition) is 1. The van der Waals surface area contributed by atoms with Crippen molar-refractivity contribution in [1.29, 1.82) is 0 Å². The Labute approximate surface area is 198 Å².